The number of nitrogens with one attached hydrogen (secondary N) is 1. The number of hydrogen-bond donors (Lipinski definition) is 3. The van der Waals surface area contributed by atoms with Crippen molar-refractivity contribution >= 4 is 34.4 Å². The molecule has 0 aliphatic rings. The number of benzene rings is 1. The summed E-state index contributed by atoms with van der Waals surface area (Å²) in [5.74, 6) is -0.108. The Hall–Kier alpha value is -2.41. The summed E-state index contributed by atoms with van der Waals surface area (Å²) in [4.78, 5) is 12.3. The van der Waals surface area contributed by atoms with Crippen LogP contribution in [0.3, 0.4) is 0 Å². The summed E-state index contributed by atoms with van der Waals surface area (Å²) >= 11 is 4.61. The molecule has 2 aromatic rings. The van der Waals surface area contributed by atoms with Crippen LogP contribution >= 0.6 is 12.2 Å². The van der Waals surface area contributed by atoms with Crippen LogP contribution in [0.15, 0.2) is 34.2 Å². The van der Waals surface area contributed by atoms with Crippen LogP contribution in [0, 0.1) is 0 Å². The Kier molecular flexibility index (Phi) is 3.99. The van der Waals surface area contributed by atoms with Crippen molar-refractivity contribution in [3.63, 3.8) is 0 Å². The minimum Gasteiger partial charge on any atom is -0.506 e. The van der Waals surface area contributed by atoms with Crippen LogP contribution in [0.1, 0.15) is 12.5 Å². The van der Waals surface area contributed by atoms with Gasteiger partial charge in [-0.3, -0.25) is 10.2 Å². The molecule has 7 heteroatoms. The quantitative estimate of drug-likeness (QED) is 0.443. The zero-order valence-electron chi connectivity index (χ0n) is 10.8. The zero-order chi connectivity index (χ0) is 14.7. The van der Waals surface area contributed by atoms with E-state index in [1.54, 1.807) is 22.8 Å². The number of nitrogens with two attached hydrogens (primary N) is 1. The third-order valence-electron chi connectivity index (χ3n) is 2.87. The fourth-order valence-electron chi connectivity index (χ4n) is 2.00. The van der Waals surface area contributed by atoms with E-state index in [9.17, 15) is 9.90 Å². The van der Waals surface area contributed by atoms with Crippen molar-refractivity contribution in [2.75, 3.05) is 0 Å². The van der Waals surface area contributed by atoms with E-state index in [1.807, 2.05) is 13.0 Å². The summed E-state index contributed by atoms with van der Waals surface area (Å²) in [7, 11) is 0. The van der Waals surface area contributed by atoms with Gasteiger partial charge in [-0.2, -0.15) is 5.10 Å². The SMILES string of the molecule is CCn1c(=O)c(/C=N/NC(N)=S)c(O)c2ccccc21. The standard InChI is InChI=1S/C13H14N4O2S/c1-2-17-10-6-4-3-5-8(10)11(18)9(12(17)19)7-15-16-13(14)20/h3-7,18H,2H2,1H3,(H3,14,16,20)/b15-7+. The Balaban J connectivity index is 2.69. The minimum atomic E-state index is -0.322. The Labute approximate surface area is 120 Å². The molecule has 1 aromatic heterocycles. The van der Waals surface area contributed by atoms with Crippen molar-refractivity contribution in [1.82, 2.24) is 9.99 Å². The molecule has 0 fully saturated rings. The van der Waals surface area contributed by atoms with Crippen molar-refractivity contribution in [2.24, 2.45) is 10.8 Å². The largest absolute Gasteiger partial charge is 0.506 e. The molecule has 0 atom stereocenters. The first kappa shape index (κ1) is 14.0. The molecular weight excluding hydrogens is 276 g/mol. The highest BCUT2D eigenvalue weighted by molar-refractivity contribution is 7.80. The van der Waals surface area contributed by atoms with Gasteiger partial charge < -0.3 is 15.4 Å². The van der Waals surface area contributed by atoms with E-state index in [-0.39, 0.29) is 22.0 Å². The molecule has 0 aliphatic carbocycles. The first-order valence-corrected chi connectivity index (χ1v) is 6.40. The van der Waals surface area contributed by atoms with E-state index in [1.165, 1.54) is 6.21 Å². The number of nitrogens with zero attached hydrogens (tertiary/aromatic N) is 2. The van der Waals surface area contributed by atoms with E-state index < -0.39 is 0 Å². The molecule has 1 heterocycles. The molecule has 20 heavy (non-hydrogen) atoms. The van der Waals surface area contributed by atoms with Crippen LogP contribution in [-0.2, 0) is 6.54 Å². The molecule has 0 unspecified atom stereocenters. The summed E-state index contributed by atoms with van der Waals surface area (Å²) in [5.41, 5.74) is 8.04. The molecule has 2 rings (SSSR count). The second-order valence-electron chi connectivity index (χ2n) is 4.06. The maximum absolute atomic E-state index is 12.3. The van der Waals surface area contributed by atoms with E-state index in [4.69, 9.17) is 5.73 Å². The van der Waals surface area contributed by atoms with Crippen molar-refractivity contribution in [3.8, 4) is 5.75 Å². The predicted molar refractivity (Wildman–Crippen MR) is 83.1 cm³/mol. The number of hydrazone groups is 1. The lowest BCUT2D eigenvalue weighted by Gasteiger charge is -2.11. The van der Waals surface area contributed by atoms with Crippen LogP contribution in [0.5, 0.6) is 5.75 Å². The lowest BCUT2D eigenvalue weighted by Crippen LogP contribution is -2.26. The number of hydrogen-bond acceptors (Lipinski definition) is 4. The van der Waals surface area contributed by atoms with Gasteiger partial charge >= 0.3 is 0 Å². The van der Waals surface area contributed by atoms with E-state index >= 15 is 0 Å². The molecule has 0 radical (unpaired) electrons. The second-order valence-corrected chi connectivity index (χ2v) is 4.50. The van der Waals surface area contributed by atoms with E-state index in [0.29, 0.717) is 17.4 Å². The molecule has 0 bridgehead atoms. The topological polar surface area (TPSA) is 92.6 Å². The molecule has 0 saturated heterocycles. The molecular formula is C13H14N4O2S. The summed E-state index contributed by atoms with van der Waals surface area (Å²) < 4.78 is 1.57. The molecule has 4 N–H and O–H groups in total. The highest BCUT2D eigenvalue weighted by Crippen LogP contribution is 2.25. The number of aryl methyl sites for hydroxylation is 1. The number of fused-ring (bicyclic) bond motifs is 1. The Morgan fingerprint density at radius 3 is 2.90 bits per heavy atom. The predicted octanol–water partition coefficient (Wildman–Crippen LogP) is 0.894. The number of rotatable bonds is 3. The van der Waals surface area contributed by atoms with Gasteiger partial charge in [0.1, 0.15) is 11.3 Å². The molecule has 0 saturated carbocycles. The van der Waals surface area contributed by atoms with Gasteiger partial charge in [0.25, 0.3) is 5.56 Å². The van der Waals surface area contributed by atoms with E-state index in [2.05, 4.69) is 22.7 Å². The number of para-hydroxylation sites is 1. The fraction of sp³-hybridized carbons (Fsp3) is 0.154. The number of pyridine rings is 1. The normalized spacial score (nSPS) is 11.1. The van der Waals surface area contributed by atoms with Crippen LogP contribution in [0.4, 0.5) is 0 Å². The van der Waals surface area contributed by atoms with Gasteiger partial charge in [0, 0.05) is 11.9 Å². The maximum Gasteiger partial charge on any atom is 0.263 e. The van der Waals surface area contributed by atoms with Crippen molar-refractivity contribution in [1.29, 1.82) is 0 Å². The van der Waals surface area contributed by atoms with Gasteiger partial charge in [-0.25, -0.2) is 0 Å². The first-order valence-electron chi connectivity index (χ1n) is 5.99. The molecule has 104 valence electrons. The van der Waals surface area contributed by atoms with E-state index in [0.717, 1.165) is 0 Å². The van der Waals surface area contributed by atoms with Crippen LogP contribution in [0.2, 0.25) is 0 Å². The third kappa shape index (κ3) is 2.48. The average Bonchev–Trinajstić information content (AvgIpc) is 2.43. The number of aromatic nitrogens is 1. The highest BCUT2D eigenvalue weighted by Gasteiger charge is 2.13. The highest BCUT2D eigenvalue weighted by atomic mass is 32.1. The van der Waals surface area contributed by atoms with Gasteiger partial charge in [0.15, 0.2) is 5.11 Å². The smallest absolute Gasteiger partial charge is 0.263 e. The van der Waals surface area contributed by atoms with Crippen LogP contribution < -0.4 is 16.7 Å². The lowest BCUT2D eigenvalue weighted by atomic mass is 10.1. The first-order chi connectivity index (χ1) is 9.56. The molecule has 0 spiro atoms. The molecule has 6 nitrogen and oxygen atoms in total. The Morgan fingerprint density at radius 1 is 1.55 bits per heavy atom. The number of aromatic hydroxyl groups is 1. The second kappa shape index (κ2) is 5.70. The summed E-state index contributed by atoms with van der Waals surface area (Å²) in [6.07, 6.45) is 1.22. The zero-order valence-corrected chi connectivity index (χ0v) is 11.6. The average molecular weight is 290 g/mol. The Bertz CT molecular complexity index is 752. The molecule has 0 aliphatic heterocycles. The number of thiocarbonyl (C=S) groups is 1. The van der Waals surface area contributed by atoms with Crippen molar-refractivity contribution in [2.45, 2.75) is 13.5 Å². The maximum atomic E-state index is 12.3. The van der Waals surface area contributed by atoms with Gasteiger partial charge in [-0.1, -0.05) is 12.1 Å². The van der Waals surface area contributed by atoms with Crippen LogP contribution in [-0.4, -0.2) is 21.0 Å². The van der Waals surface area contributed by atoms with Crippen molar-refractivity contribution in [3.05, 3.63) is 40.2 Å². The van der Waals surface area contributed by atoms with Gasteiger partial charge in [0.05, 0.1) is 11.7 Å². The summed E-state index contributed by atoms with van der Waals surface area (Å²) in [6, 6.07) is 7.14. The minimum absolute atomic E-state index is 0.0163. The van der Waals surface area contributed by atoms with Gasteiger partial charge in [-0.05, 0) is 31.3 Å². The lowest BCUT2D eigenvalue weighted by molar-refractivity contribution is 0.478. The summed E-state index contributed by atoms with van der Waals surface area (Å²) in [5, 5.41) is 14.5. The molecule has 0 amide bonds. The monoisotopic (exact) mass is 290 g/mol. The van der Waals surface area contributed by atoms with Gasteiger partial charge in [0.2, 0.25) is 0 Å². The third-order valence-corrected chi connectivity index (χ3v) is 2.96. The van der Waals surface area contributed by atoms with Gasteiger partial charge in [-0.15, -0.1) is 0 Å². The van der Waals surface area contributed by atoms with Crippen molar-refractivity contribution < 1.29 is 5.11 Å². The fourth-order valence-corrected chi connectivity index (χ4v) is 2.05. The Morgan fingerprint density at radius 2 is 2.25 bits per heavy atom. The van der Waals surface area contributed by atoms with Crippen LogP contribution in [0.25, 0.3) is 10.9 Å². The summed E-state index contributed by atoms with van der Waals surface area (Å²) in [6.45, 7) is 2.35. The molecule has 1 aromatic carbocycles.